The SMILES string of the molecule is CCCC(CC)C(CC)C1CC(C)(C)C1C. The van der Waals surface area contributed by atoms with Crippen LogP contribution in [0.2, 0.25) is 0 Å². The molecular weight excluding hydrogens is 192 g/mol. The number of rotatable bonds is 6. The van der Waals surface area contributed by atoms with E-state index in [9.17, 15) is 0 Å². The van der Waals surface area contributed by atoms with E-state index in [1.165, 1.54) is 32.1 Å². The van der Waals surface area contributed by atoms with Gasteiger partial charge >= 0.3 is 0 Å². The van der Waals surface area contributed by atoms with Gasteiger partial charge in [-0.15, -0.1) is 0 Å². The van der Waals surface area contributed by atoms with Crippen molar-refractivity contribution in [1.82, 2.24) is 0 Å². The third kappa shape index (κ3) is 2.63. The molecular formula is C16H32. The van der Waals surface area contributed by atoms with Crippen LogP contribution in [0.15, 0.2) is 0 Å². The van der Waals surface area contributed by atoms with E-state index in [1.54, 1.807) is 0 Å². The molecule has 0 radical (unpaired) electrons. The molecule has 0 heteroatoms. The van der Waals surface area contributed by atoms with Crippen molar-refractivity contribution in [3.63, 3.8) is 0 Å². The highest BCUT2D eigenvalue weighted by molar-refractivity contribution is 4.97. The molecule has 1 aliphatic carbocycles. The fourth-order valence-electron chi connectivity index (χ4n) is 3.99. The van der Waals surface area contributed by atoms with Crippen LogP contribution in [0, 0.1) is 29.1 Å². The summed E-state index contributed by atoms with van der Waals surface area (Å²) in [6.45, 7) is 14.5. The minimum absolute atomic E-state index is 0.614. The fourth-order valence-corrected chi connectivity index (χ4v) is 3.99. The summed E-state index contributed by atoms with van der Waals surface area (Å²) in [5.74, 6) is 3.92. The van der Waals surface area contributed by atoms with Crippen LogP contribution in [0.5, 0.6) is 0 Å². The third-order valence-electron chi connectivity index (χ3n) is 5.45. The summed E-state index contributed by atoms with van der Waals surface area (Å²) in [5.41, 5.74) is 0.614. The van der Waals surface area contributed by atoms with Gasteiger partial charge in [0.15, 0.2) is 0 Å². The van der Waals surface area contributed by atoms with Gasteiger partial charge in [0.2, 0.25) is 0 Å². The first-order chi connectivity index (χ1) is 7.47. The van der Waals surface area contributed by atoms with Crippen LogP contribution in [0.25, 0.3) is 0 Å². The molecule has 96 valence electrons. The van der Waals surface area contributed by atoms with Gasteiger partial charge in [-0.1, -0.05) is 67.2 Å². The van der Waals surface area contributed by atoms with Crippen molar-refractivity contribution in [3.05, 3.63) is 0 Å². The van der Waals surface area contributed by atoms with E-state index in [0.29, 0.717) is 5.41 Å². The summed E-state index contributed by atoms with van der Waals surface area (Å²) in [7, 11) is 0. The zero-order valence-electron chi connectivity index (χ0n) is 12.3. The Morgan fingerprint density at radius 3 is 2.06 bits per heavy atom. The molecule has 0 N–H and O–H groups in total. The molecule has 4 atom stereocenters. The Kier molecular flexibility index (Phi) is 4.88. The third-order valence-corrected chi connectivity index (χ3v) is 5.45. The Morgan fingerprint density at radius 2 is 1.75 bits per heavy atom. The molecule has 0 bridgehead atoms. The number of hydrogen-bond acceptors (Lipinski definition) is 0. The van der Waals surface area contributed by atoms with E-state index in [1.807, 2.05) is 0 Å². The highest BCUT2D eigenvalue weighted by Gasteiger charge is 2.47. The smallest absolute Gasteiger partial charge is 0.0323 e. The van der Waals surface area contributed by atoms with Crippen molar-refractivity contribution in [3.8, 4) is 0 Å². The lowest BCUT2D eigenvalue weighted by Crippen LogP contribution is -2.47. The molecule has 0 aromatic heterocycles. The van der Waals surface area contributed by atoms with Gasteiger partial charge < -0.3 is 0 Å². The van der Waals surface area contributed by atoms with Gasteiger partial charge in [-0.25, -0.2) is 0 Å². The molecule has 16 heavy (non-hydrogen) atoms. The summed E-state index contributed by atoms with van der Waals surface area (Å²) in [4.78, 5) is 0. The minimum atomic E-state index is 0.614. The summed E-state index contributed by atoms with van der Waals surface area (Å²) in [6, 6.07) is 0. The van der Waals surface area contributed by atoms with Crippen LogP contribution < -0.4 is 0 Å². The van der Waals surface area contributed by atoms with Crippen LogP contribution in [0.3, 0.4) is 0 Å². The van der Waals surface area contributed by atoms with E-state index >= 15 is 0 Å². The topological polar surface area (TPSA) is 0 Å². The Bertz CT molecular complexity index is 204. The second kappa shape index (κ2) is 5.56. The summed E-state index contributed by atoms with van der Waals surface area (Å²) in [6.07, 6.45) is 7.05. The Hall–Kier alpha value is 0. The molecule has 0 aliphatic heterocycles. The van der Waals surface area contributed by atoms with Crippen molar-refractivity contribution in [2.24, 2.45) is 29.1 Å². The highest BCUT2D eigenvalue weighted by Crippen LogP contribution is 2.56. The van der Waals surface area contributed by atoms with E-state index in [4.69, 9.17) is 0 Å². The van der Waals surface area contributed by atoms with Gasteiger partial charge in [-0.05, 0) is 35.5 Å². The lowest BCUT2D eigenvalue weighted by atomic mass is 9.51. The van der Waals surface area contributed by atoms with Gasteiger partial charge in [0.05, 0.1) is 0 Å². The highest BCUT2D eigenvalue weighted by atomic mass is 14.5. The lowest BCUT2D eigenvalue weighted by molar-refractivity contribution is -0.0538. The molecule has 0 nitrogen and oxygen atoms in total. The largest absolute Gasteiger partial charge is 0.0654 e. The van der Waals surface area contributed by atoms with Crippen LogP contribution in [-0.4, -0.2) is 0 Å². The van der Waals surface area contributed by atoms with Crippen molar-refractivity contribution in [2.75, 3.05) is 0 Å². The second-order valence-electron chi connectivity index (χ2n) is 6.67. The van der Waals surface area contributed by atoms with Crippen LogP contribution in [0.1, 0.15) is 73.6 Å². The lowest BCUT2D eigenvalue weighted by Gasteiger charge is -2.55. The van der Waals surface area contributed by atoms with E-state index in [0.717, 1.165) is 23.7 Å². The Balaban J connectivity index is 2.61. The monoisotopic (exact) mass is 224 g/mol. The minimum Gasteiger partial charge on any atom is -0.0654 e. The summed E-state index contributed by atoms with van der Waals surface area (Å²) >= 11 is 0. The molecule has 0 heterocycles. The first-order valence-corrected chi connectivity index (χ1v) is 7.47. The zero-order chi connectivity index (χ0) is 12.3. The fraction of sp³-hybridized carbons (Fsp3) is 1.00. The van der Waals surface area contributed by atoms with Crippen molar-refractivity contribution >= 4 is 0 Å². The second-order valence-corrected chi connectivity index (χ2v) is 6.67. The molecule has 1 fully saturated rings. The number of hydrogen-bond donors (Lipinski definition) is 0. The standard InChI is InChI=1S/C16H32/c1-7-10-13(8-2)14(9-3)15-11-16(5,6)12(15)4/h12-15H,7-11H2,1-6H3. The zero-order valence-corrected chi connectivity index (χ0v) is 12.3. The van der Waals surface area contributed by atoms with E-state index < -0.39 is 0 Å². The Morgan fingerprint density at radius 1 is 1.12 bits per heavy atom. The van der Waals surface area contributed by atoms with E-state index in [-0.39, 0.29) is 0 Å². The van der Waals surface area contributed by atoms with Crippen molar-refractivity contribution in [2.45, 2.75) is 73.6 Å². The van der Waals surface area contributed by atoms with Gasteiger partial charge in [-0.2, -0.15) is 0 Å². The van der Waals surface area contributed by atoms with Gasteiger partial charge in [-0.3, -0.25) is 0 Å². The summed E-state index contributed by atoms with van der Waals surface area (Å²) < 4.78 is 0. The predicted octanol–water partition coefficient (Wildman–Crippen LogP) is 5.52. The van der Waals surface area contributed by atoms with Gasteiger partial charge in [0, 0.05) is 0 Å². The molecule has 1 saturated carbocycles. The molecule has 4 unspecified atom stereocenters. The molecule has 0 aromatic carbocycles. The first kappa shape index (κ1) is 14.1. The molecule has 1 aliphatic rings. The molecule has 1 rings (SSSR count). The molecule has 0 amide bonds. The summed E-state index contributed by atoms with van der Waals surface area (Å²) in [5, 5.41) is 0. The van der Waals surface area contributed by atoms with Crippen molar-refractivity contribution < 1.29 is 0 Å². The maximum atomic E-state index is 2.48. The normalized spacial score (nSPS) is 31.9. The van der Waals surface area contributed by atoms with Gasteiger partial charge in [0.25, 0.3) is 0 Å². The average molecular weight is 224 g/mol. The maximum absolute atomic E-state index is 2.48. The predicted molar refractivity (Wildman–Crippen MR) is 73.5 cm³/mol. The quantitative estimate of drug-likeness (QED) is 0.557. The molecule has 0 spiro atoms. The van der Waals surface area contributed by atoms with Crippen LogP contribution in [-0.2, 0) is 0 Å². The van der Waals surface area contributed by atoms with E-state index in [2.05, 4.69) is 41.5 Å². The Labute approximate surface area is 103 Å². The van der Waals surface area contributed by atoms with Crippen molar-refractivity contribution in [1.29, 1.82) is 0 Å². The average Bonchev–Trinajstić information content (AvgIpc) is 2.26. The maximum Gasteiger partial charge on any atom is -0.0323 e. The van der Waals surface area contributed by atoms with Gasteiger partial charge in [0.1, 0.15) is 0 Å². The molecule has 0 saturated heterocycles. The van der Waals surface area contributed by atoms with Crippen LogP contribution in [0.4, 0.5) is 0 Å². The van der Waals surface area contributed by atoms with Crippen LogP contribution >= 0.6 is 0 Å². The molecule has 0 aromatic rings. The first-order valence-electron chi connectivity index (χ1n) is 7.47.